The number of aromatic nitrogens is 2. The Kier molecular flexibility index (Phi) is 3.66. The van der Waals surface area contributed by atoms with E-state index < -0.39 is 29.4 Å². The number of H-pyrrole nitrogens is 1. The molecule has 0 spiro atoms. The molecule has 0 aliphatic rings. The zero-order chi connectivity index (χ0) is 15.6. The lowest BCUT2D eigenvalue weighted by molar-refractivity contribution is -0.137. The summed E-state index contributed by atoms with van der Waals surface area (Å²) in [5.74, 6) is -2.72. The monoisotopic (exact) mass is 300 g/mol. The van der Waals surface area contributed by atoms with Crippen molar-refractivity contribution in [3.63, 3.8) is 0 Å². The summed E-state index contributed by atoms with van der Waals surface area (Å²) in [4.78, 5) is 22.2. The predicted molar refractivity (Wildman–Crippen MR) is 61.9 cm³/mol. The number of esters is 1. The third-order valence-electron chi connectivity index (χ3n) is 2.39. The van der Waals surface area contributed by atoms with Crippen molar-refractivity contribution in [1.29, 1.82) is 0 Å². The van der Waals surface area contributed by atoms with E-state index >= 15 is 0 Å². The average Bonchev–Trinajstić information content (AvgIpc) is 2.88. The van der Waals surface area contributed by atoms with E-state index in [0.717, 1.165) is 18.2 Å². The van der Waals surface area contributed by atoms with Crippen LogP contribution in [-0.4, -0.2) is 27.2 Å². The molecule has 9 heteroatoms. The van der Waals surface area contributed by atoms with Crippen LogP contribution in [0.3, 0.4) is 0 Å². The highest BCUT2D eigenvalue weighted by Gasteiger charge is 2.30. The Morgan fingerprint density at radius 1 is 1.24 bits per heavy atom. The van der Waals surface area contributed by atoms with Gasteiger partial charge in [0.2, 0.25) is 0 Å². The molecule has 2 rings (SSSR count). The Bertz CT molecular complexity index is 694. The number of aromatic amines is 1. The number of carboxylic acids is 1. The molecule has 0 amide bonds. The molecule has 1 aromatic heterocycles. The number of ether oxygens (including phenoxy) is 1. The van der Waals surface area contributed by atoms with Gasteiger partial charge in [0, 0.05) is 6.07 Å². The van der Waals surface area contributed by atoms with Crippen LogP contribution in [-0.2, 0) is 6.18 Å². The average molecular weight is 300 g/mol. The van der Waals surface area contributed by atoms with Crippen molar-refractivity contribution in [3.05, 3.63) is 47.3 Å². The zero-order valence-electron chi connectivity index (χ0n) is 10.1. The fraction of sp³-hybridized carbons (Fsp3) is 0.0833. The van der Waals surface area contributed by atoms with Crippen molar-refractivity contribution in [3.8, 4) is 5.75 Å². The smallest absolute Gasteiger partial charge is 0.416 e. The molecular weight excluding hydrogens is 293 g/mol. The first kappa shape index (κ1) is 14.6. The van der Waals surface area contributed by atoms with E-state index in [9.17, 15) is 22.8 Å². The highest BCUT2D eigenvalue weighted by atomic mass is 19.4. The molecule has 0 aliphatic heterocycles. The van der Waals surface area contributed by atoms with E-state index in [0.29, 0.717) is 6.07 Å². The fourth-order valence-electron chi connectivity index (χ4n) is 1.43. The van der Waals surface area contributed by atoms with Gasteiger partial charge in [-0.2, -0.15) is 18.3 Å². The number of hydrogen-bond donors (Lipinski definition) is 2. The maximum absolute atomic E-state index is 12.5. The lowest BCUT2D eigenvalue weighted by Gasteiger charge is -2.08. The van der Waals surface area contributed by atoms with Crippen molar-refractivity contribution in [2.24, 2.45) is 0 Å². The normalized spacial score (nSPS) is 11.2. The first-order valence-electron chi connectivity index (χ1n) is 5.45. The minimum absolute atomic E-state index is 0.287. The molecule has 2 aromatic rings. The Labute approximate surface area is 115 Å². The van der Waals surface area contributed by atoms with Crippen LogP contribution in [0.1, 0.15) is 26.5 Å². The number of aromatic carboxylic acids is 1. The van der Waals surface area contributed by atoms with E-state index in [1.807, 2.05) is 0 Å². The Morgan fingerprint density at radius 2 is 1.95 bits per heavy atom. The molecule has 0 saturated heterocycles. The molecule has 21 heavy (non-hydrogen) atoms. The van der Waals surface area contributed by atoms with Crippen LogP contribution in [0.25, 0.3) is 0 Å². The largest absolute Gasteiger partial charge is 0.476 e. The molecule has 1 aromatic carbocycles. The van der Waals surface area contributed by atoms with Gasteiger partial charge in [0.1, 0.15) is 11.4 Å². The van der Waals surface area contributed by atoms with Gasteiger partial charge >= 0.3 is 18.1 Å². The molecular formula is C12H7F3N2O4. The summed E-state index contributed by atoms with van der Waals surface area (Å²) >= 11 is 0. The van der Waals surface area contributed by atoms with Crippen molar-refractivity contribution in [1.82, 2.24) is 10.2 Å². The Morgan fingerprint density at radius 3 is 2.52 bits per heavy atom. The SMILES string of the molecule is O=C(O)c1cc(C(=O)Oc2cccc(C(F)(F)F)c2)[nH]n1. The van der Waals surface area contributed by atoms with Gasteiger partial charge in [-0.15, -0.1) is 0 Å². The first-order chi connectivity index (χ1) is 9.77. The molecule has 0 atom stereocenters. The molecule has 0 bridgehead atoms. The number of nitrogens with zero attached hydrogens (tertiary/aromatic N) is 1. The maximum atomic E-state index is 12.5. The standard InChI is InChI=1S/C12H7F3N2O4/c13-12(14,15)6-2-1-3-7(4-6)21-11(20)9-5-8(10(18)19)16-17-9/h1-5H,(H,16,17)(H,18,19). The second-order valence-electron chi connectivity index (χ2n) is 3.89. The van der Waals surface area contributed by atoms with Crippen molar-refractivity contribution in [2.45, 2.75) is 6.18 Å². The van der Waals surface area contributed by atoms with Gasteiger partial charge in [-0.05, 0) is 18.2 Å². The van der Waals surface area contributed by atoms with Gasteiger partial charge < -0.3 is 9.84 Å². The molecule has 0 radical (unpaired) electrons. The quantitative estimate of drug-likeness (QED) is 0.670. The van der Waals surface area contributed by atoms with Crippen LogP contribution in [0.15, 0.2) is 30.3 Å². The van der Waals surface area contributed by atoms with Crippen LogP contribution < -0.4 is 4.74 Å². The van der Waals surface area contributed by atoms with Gasteiger partial charge in [0.25, 0.3) is 0 Å². The molecule has 0 saturated carbocycles. The van der Waals surface area contributed by atoms with E-state index in [4.69, 9.17) is 9.84 Å². The van der Waals surface area contributed by atoms with Crippen LogP contribution in [0, 0.1) is 0 Å². The van der Waals surface area contributed by atoms with Crippen molar-refractivity contribution < 1.29 is 32.6 Å². The summed E-state index contributed by atoms with van der Waals surface area (Å²) in [5.41, 5.74) is -1.67. The highest BCUT2D eigenvalue weighted by Crippen LogP contribution is 2.31. The van der Waals surface area contributed by atoms with E-state index in [-0.39, 0.29) is 11.4 Å². The molecule has 1 heterocycles. The molecule has 0 fully saturated rings. The second kappa shape index (κ2) is 5.27. The van der Waals surface area contributed by atoms with Crippen molar-refractivity contribution >= 4 is 11.9 Å². The third-order valence-corrected chi connectivity index (χ3v) is 2.39. The number of nitrogens with one attached hydrogen (secondary N) is 1. The number of alkyl halides is 3. The summed E-state index contributed by atoms with van der Waals surface area (Å²) in [6, 6.07) is 4.66. The second-order valence-corrected chi connectivity index (χ2v) is 3.89. The fourth-order valence-corrected chi connectivity index (χ4v) is 1.43. The van der Waals surface area contributed by atoms with Crippen molar-refractivity contribution in [2.75, 3.05) is 0 Å². The number of carbonyl (C=O) groups excluding carboxylic acids is 1. The van der Waals surface area contributed by atoms with Gasteiger partial charge in [-0.1, -0.05) is 6.07 Å². The molecule has 2 N–H and O–H groups in total. The van der Waals surface area contributed by atoms with E-state index in [1.54, 1.807) is 0 Å². The van der Waals surface area contributed by atoms with Crippen LogP contribution >= 0.6 is 0 Å². The summed E-state index contributed by atoms with van der Waals surface area (Å²) in [5, 5.41) is 14.1. The minimum atomic E-state index is -4.56. The minimum Gasteiger partial charge on any atom is -0.476 e. The molecule has 0 aliphatic carbocycles. The summed E-state index contributed by atoms with van der Waals surface area (Å²) in [6.07, 6.45) is -4.56. The van der Waals surface area contributed by atoms with E-state index in [2.05, 4.69) is 10.2 Å². The molecule has 6 nitrogen and oxygen atoms in total. The number of carboxylic acid groups (broad SMARTS) is 1. The Hall–Kier alpha value is -2.84. The first-order valence-corrected chi connectivity index (χ1v) is 5.45. The molecule has 0 unspecified atom stereocenters. The zero-order valence-corrected chi connectivity index (χ0v) is 10.1. The maximum Gasteiger partial charge on any atom is 0.416 e. The van der Waals surface area contributed by atoms with Gasteiger partial charge in [0.05, 0.1) is 5.56 Å². The van der Waals surface area contributed by atoms with E-state index in [1.165, 1.54) is 6.07 Å². The number of halogens is 3. The number of carbonyl (C=O) groups is 2. The van der Waals surface area contributed by atoms with Gasteiger partial charge in [-0.25, -0.2) is 9.59 Å². The molecule has 110 valence electrons. The summed E-state index contributed by atoms with van der Waals surface area (Å²) in [7, 11) is 0. The third kappa shape index (κ3) is 3.38. The lowest BCUT2D eigenvalue weighted by Crippen LogP contribution is -2.10. The summed E-state index contributed by atoms with van der Waals surface area (Å²) < 4.78 is 42.2. The number of hydrogen-bond acceptors (Lipinski definition) is 4. The number of rotatable bonds is 3. The highest BCUT2D eigenvalue weighted by molar-refractivity contribution is 5.93. The van der Waals surface area contributed by atoms with Crippen LogP contribution in [0.5, 0.6) is 5.75 Å². The van der Waals surface area contributed by atoms with Crippen LogP contribution in [0.4, 0.5) is 13.2 Å². The van der Waals surface area contributed by atoms with Gasteiger partial charge in [-0.3, -0.25) is 5.10 Å². The topological polar surface area (TPSA) is 92.3 Å². The van der Waals surface area contributed by atoms with Crippen LogP contribution in [0.2, 0.25) is 0 Å². The van der Waals surface area contributed by atoms with Gasteiger partial charge in [0.15, 0.2) is 5.69 Å². The number of benzene rings is 1. The Balaban J connectivity index is 2.17. The lowest BCUT2D eigenvalue weighted by atomic mass is 10.2. The summed E-state index contributed by atoms with van der Waals surface area (Å²) in [6.45, 7) is 0. The predicted octanol–water partition coefficient (Wildman–Crippen LogP) is 2.35.